The van der Waals surface area contributed by atoms with Gasteiger partial charge in [0.15, 0.2) is 0 Å². The molecule has 1 aliphatic heterocycles. The number of aromatic carboxylic acids is 1. The van der Waals surface area contributed by atoms with Crippen LogP contribution in [0.25, 0.3) is 0 Å². The Kier molecular flexibility index (Phi) is 3.71. The molecule has 2 rings (SSSR count). The third-order valence-electron chi connectivity index (χ3n) is 2.78. The first-order valence-corrected chi connectivity index (χ1v) is 7.73. The lowest BCUT2D eigenvalue weighted by molar-refractivity contribution is 0.0702. The number of carboxylic acid groups (broad SMARTS) is 1. The molecule has 0 aliphatic carbocycles. The van der Waals surface area contributed by atoms with E-state index >= 15 is 0 Å². The van der Waals surface area contributed by atoms with E-state index in [0.717, 1.165) is 17.4 Å². The van der Waals surface area contributed by atoms with Gasteiger partial charge < -0.3 is 10.2 Å². The second-order valence-electron chi connectivity index (χ2n) is 4.11. The molecular formula is C10H13NO5S2. The highest BCUT2D eigenvalue weighted by Gasteiger charge is 2.30. The van der Waals surface area contributed by atoms with Gasteiger partial charge in [0.05, 0.1) is 11.0 Å². The SMILES string of the molecule is O=C(O)c1cc(S(=O)(=O)N2CCC[C@H](O)C2)cs1. The average Bonchev–Trinajstić information content (AvgIpc) is 2.79. The number of nitrogens with zero attached hydrogens (tertiary/aromatic N) is 1. The number of carboxylic acids is 1. The molecule has 100 valence electrons. The van der Waals surface area contributed by atoms with E-state index in [2.05, 4.69) is 0 Å². The molecule has 18 heavy (non-hydrogen) atoms. The summed E-state index contributed by atoms with van der Waals surface area (Å²) in [5.41, 5.74) is 0. The van der Waals surface area contributed by atoms with Crippen molar-refractivity contribution in [1.82, 2.24) is 4.31 Å². The van der Waals surface area contributed by atoms with Crippen LogP contribution in [0.2, 0.25) is 0 Å². The zero-order valence-corrected chi connectivity index (χ0v) is 11.1. The fourth-order valence-electron chi connectivity index (χ4n) is 1.85. The van der Waals surface area contributed by atoms with Crippen LogP contribution in [0.5, 0.6) is 0 Å². The molecule has 1 aliphatic rings. The monoisotopic (exact) mass is 291 g/mol. The van der Waals surface area contributed by atoms with Crippen LogP contribution in [-0.4, -0.2) is 48.1 Å². The number of piperidine rings is 1. The normalized spacial score (nSPS) is 21.9. The highest BCUT2D eigenvalue weighted by Crippen LogP contribution is 2.25. The van der Waals surface area contributed by atoms with Crippen LogP contribution >= 0.6 is 11.3 Å². The van der Waals surface area contributed by atoms with Gasteiger partial charge in [-0.1, -0.05) is 0 Å². The van der Waals surface area contributed by atoms with E-state index in [-0.39, 0.29) is 16.3 Å². The Morgan fingerprint density at radius 3 is 2.78 bits per heavy atom. The van der Waals surface area contributed by atoms with Gasteiger partial charge in [-0.25, -0.2) is 13.2 Å². The predicted octanol–water partition coefficient (Wildman–Crippen LogP) is 0.592. The van der Waals surface area contributed by atoms with Gasteiger partial charge in [0.1, 0.15) is 4.88 Å². The Balaban J connectivity index is 2.26. The number of aliphatic hydroxyl groups excluding tert-OH is 1. The Hall–Kier alpha value is -0.960. The van der Waals surface area contributed by atoms with Crippen LogP contribution in [0.3, 0.4) is 0 Å². The van der Waals surface area contributed by atoms with Gasteiger partial charge in [-0.15, -0.1) is 11.3 Å². The number of β-amino-alcohol motifs (C(OH)–C–C–N with tert-alkyl or cyclic N) is 1. The summed E-state index contributed by atoms with van der Waals surface area (Å²) in [7, 11) is -3.69. The number of aliphatic hydroxyl groups is 1. The maximum Gasteiger partial charge on any atom is 0.345 e. The Morgan fingerprint density at radius 1 is 1.50 bits per heavy atom. The molecule has 0 spiro atoms. The first-order valence-electron chi connectivity index (χ1n) is 5.41. The third kappa shape index (κ3) is 2.56. The van der Waals surface area contributed by atoms with Crippen molar-refractivity contribution in [1.29, 1.82) is 0 Å². The highest BCUT2D eigenvalue weighted by molar-refractivity contribution is 7.89. The van der Waals surface area contributed by atoms with Crippen molar-refractivity contribution in [3.63, 3.8) is 0 Å². The number of thiophene rings is 1. The van der Waals surface area contributed by atoms with Crippen LogP contribution in [0.15, 0.2) is 16.3 Å². The lowest BCUT2D eigenvalue weighted by Crippen LogP contribution is -2.41. The van der Waals surface area contributed by atoms with Gasteiger partial charge in [-0.3, -0.25) is 0 Å². The van der Waals surface area contributed by atoms with E-state index in [0.29, 0.717) is 19.4 Å². The van der Waals surface area contributed by atoms with Gasteiger partial charge >= 0.3 is 5.97 Å². The molecular weight excluding hydrogens is 278 g/mol. The first-order chi connectivity index (χ1) is 8.41. The third-order valence-corrected chi connectivity index (χ3v) is 5.69. The number of hydrogen-bond donors (Lipinski definition) is 2. The van der Waals surface area contributed by atoms with Crippen molar-refractivity contribution in [3.05, 3.63) is 16.3 Å². The molecule has 1 aromatic rings. The van der Waals surface area contributed by atoms with Gasteiger partial charge in [0.25, 0.3) is 0 Å². The summed E-state index contributed by atoms with van der Waals surface area (Å²) in [6.45, 7) is 0.429. The van der Waals surface area contributed by atoms with Crippen LogP contribution in [-0.2, 0) is 10.0 Å². The van der Waals surface area contributed by atoms with E-state index in [1.165, 1.54) is 9.69 Å². The lowest BCUT2D eigenvalue weighted by atomic mass is 10.1. The van der Waals surface area contributed by atoms with Crippen LogP contribution in [0.4, 0.5) is 0 Å². The minimum atomic E-state index is -3.69. The molecule has 8 heteroatoms. The van der Waals surface area contributed by atoms with Crippen molar-refractivity contribution in [2.45, 2.75) is 23.8 Å². The maximum absolute atomic E-state index is 12.2. The van der Waals surface area contributed by atoms with E-state index < -0.39 is 22.1 Å². The lowest BCUT2D eigenvalue weighted by Gasteiger charge is -2.28. The number of hydrogen-bond acceptors (Lipinski definition) is 5. The van der Waals surface area contributed by atoms with E-state index in [9.17, 15) is 18.3 Å². The summed E-state index contributed by atoms with van der Waals surface area (Å²) in [6.07, 6.45) is 0.554. The molecule has 0 radical (unpaired) electrons. The molecule has 6 nitrogen and oxygen atoms in total. The molecule has 1 aromatic heterocycles. The Bertz CT molecular complexity index is 550. The van der Waals surface area contributed by atoms with E-state index in [1.807, 2.05) is 0 Å². The van der Waals surface area contributed by atoms with Crippen molar-refractivity contribution in [3.8, 4) is 0 Å². The molecule has 1 fully saturated rings. The smallest absolute Gasteiger partial charge is 0.345 e. The first kappa shape index (κ1) is 13.5. The molecule has 1 saturated heterocycles. The largest absolute Gasteiger partial charge is 0.477 e. The van der Waals surface area contributed by atoms with Crippen molar-refractivity contribution in [2.75, 3.05) is 13.1 Å². The minimum absolute atomic E-state index is 0.00821. The highest BCUT2D eigenvalue weighted by atomic mass is 32.2. The molecule has 2 heterocycles. The summed E-state index contributed by atoms with van der Waals surface area (Å²) >= 11 is 0.881. The minimum Gasteiger partial charge on any atom is -0.477 e. The van der Waals surface area contributed by atoms with E-state index in [4.69, 9.17) is 5.11 Å². The molecule has 0 amide bonds. The molecule has 1 atom stereocenters. The fraction of sp³-hybridized carbons (Fsp3) is 0.500. The predicted molar refractivity (Wildman–Crippen MR) is 65.3 cm³/mol. The second kappa shape index (κ2) is 4.96. The standard InChI is InChI=1S/C10H13NO5S2/c12-7-2-1-3-11(5-7)18(15,16)8-4-9(10(13)14)17-6-8/h4,6-7,12H,1-3,5H2,(H,13,14)/t7-/m0/s1. The zero-order valence-electron chi connectivity index (χ0n) is 9.44. The number of rotatable bonds is 3. The van der Waals surface area contributed by atoms with Crippen LogP contribution in [0.1, 0.15) is 22.5 Å². The van der Waals surface area contributed by atoms with Crippen molar-refractivity contribution in [2.24, 2.45) is 0 Å². The molecule has 2 N–H and O–H groups in total. The number of carbonyl (C=O) groups is 1. The average molecular weight is 291 g/mol. The Morgan fingerprint density at radius 2 is 2.22 bits per heavy atom. The second-order valence-corrected chi connectivity index (χ2v) is 6.96. The quantitative estimate of drug-likeness (QED) is 0.850. The van der Waals surface area contributed by atoms with Crippen LogP contribution in [0, 0.1) is 0 Å². The van der Waals surface area contributed by atoms with Gasteiger partial charge in [0.2, 0.25) is 10.0 Å². The summed E-state index contributed by atoms with van der Waals surface area (Å²) in [5, 5.41) is 19.6. The van der Waals surface area contributed by atoms with Gasteiger partial charge in [-0.2, -0.15) is 4.31 Å². The van der Waals surface area contributed by atoms with Crippen molar-refractivity contribution < 1.29 is 23.4 Å². The molecule has 0 saturated carbocycles. The van der Waals surface area contributed by atoms with Gasteiger partial charge in [0, 0.05) is 18.5 Å². The van der Waals surface area contributed by atoms with Gasteiger partial charge in [-0.05, 0) is 18.9 Å². The van der Waals surface area contributed by atoms with Crippen LogP contribution < -0.4 is 0 Å². The molecule has 0 unspecified atom stereocenters. The maximum atomic E-state index is 12.2. The zero-order chi connectivity index (χ0) is 13.3. The summed E-state index contributed by atoms with van der Waals surface area (Å²) in [4.78, 5) is 10.7. The summed E-state index contributed by atoms with van der Waals surface area (Å²) < 4.78 is 25.6. The Labute approximate surface area is 109 Å². The molecule has 0 aromatic carbocycles. The number of sulfonamides is 1. The summed E-state index contributed by atoms with van der Waals surface area (Å²) in [6, 6.07) is 1.16. The molecule has 0 bridgehead atoms. The van der Waals surface area contributed by atoms with Crippen molar-refractivity contribution >= 4 is 27.3 Å². The topological polar surface area (TPSA) is 94.9 Å². The fourth-order valence-corrected chi connectivity index (χ4v) is 4.47. The van der Waals surface area contributed by atoms with E-state index in [1.54, 1.807) is 0 Å². The summed E-state index contributed by atoms with van der Waals surface area (Å²) in [5.74, 6) is -1.14.